The lowest BCUT2D eigenvalue weighted by Gasteiger charge is -2.20. The van der Waals surface area contributed by atoms with E-state index in [1.165, 1.54) is 11.3 Å². The number of hydrogen-bond donors (Lipinski definition) is 2. The van der Waals surface area contributed by atoms with Gasteiger partial charge in [-0.3, -0.25) is 18.3 Å². The van der Waals surface area contributed by atoms with Gasteiger partial charge in [0.2, 0.25) is 0 Å². The highest BCUT2D eigenvalue weighted by Gasteiger charge is 2.19. The zero-order valence-electron chi connectivity index (χ0n) is 17.0. The van der Waals surface area contributed by atoms with E-state index >= 15 is 0 Å². The summed E-state index contributed by atoms with van der Waals surface area (Å²) in [6.45, 7) is 3.75. The molecule has 0 unspecified atom stereocenters. The number of fused-ring (bicyclic) bond motifs is 1. The van der Waals surface area contributed by atoms with Crippen LogP contribution in [0, 0.1) is 0 Å². The molecule has 1 aliphatic rings. The Kier molecular flexibility index (Phi) is 9.53. The second-order valence-corrected chi connectivity index (χ2v) is 7.69. The highest BCUT2D eigenvalue weighted by atomic mass is 79.9. The van der Waals surface area contributed by atoms with Crippen molar-refractivity contribution < 1.29 is 13.6 Å². The van der Waals surface area contributed by atoms with Crippen LogP contribution in [0.2, 0.25) is 0 Å². The number of amides is 1. The minimum Gasteiger partial charge on any atom is -0.354 e. The number of nitrogens with zero attached hydrogens (tertiary/aromatic N) is 5. The highest BCUT2D eigenvalue weighted by Crippen LogP contribution is 2.27. The third-order valence-electron chi connectivity index (χ3n) is 4.21. The molecule has 12 heteroatoms. The SMILES string of the molecule is CF.CF.Cn1cc(NC(=O)c2csc3ncc(N4CCCNCC4)nc23)c(Br)n1. The molecule has 164 valence electrons. The van der Waals surface area contributed by atoms with Gasteiger partial charge in [-0.1, -0.05) is 0 Å². The predicted octanol–water partition coefficient (Wildman–Crippen LogP) is 3.41. The number of thiophene rings is 1. The molecule has 0 spiro atoms. The minimum atomic E-state index is -0.214. The molecule has 4 heterocycles. The molecule has 0 aliphatic carbocycles. The molecule has 0 atom stereocenters. The highest BCUT2D eigenvalue weighted by molar-refractivity contribution is 9.10. The van der Waals surface area contributed by atoms with Crippen LogP contribution in [0.4, 0.5) is 20.3 Å². The molecular formula is C18H24BrF2N7OS. The van der Waals surface area contributed by atoms with Gasteiger partial charge in [0.1, 0.15) is 16.2 Å². The topological polar surface area (TPSA) is 88.0 Å². The monoisotopic (exact) mass is 503 g/mol. The molecule has 3 aromatic heterocycles. The number of alkyl halides is 2. The van der Waals surface area contributed by atoms with Crippen molar-refractivity contribution in [3.63, 3.8) is 0 Å². The summed E-state index contributed by atoms with van der Waals surface area (Å²) in [6.07, 6.45) is 4.60. The van der Waals surface area contributed by atoms with Gasteiger partial charge in [-0.25, -0.2) is 9.97 Å². The molecule has 30 heavy (non-hydrogen) atoms. The molecule has 0 saturated carbocycles. The van der Waals surface area contributed by atoms with Gasteiger partial charge in [0, 0.05) is 38.3 Å². The molecule has 0 radical (unpaired) electrons. The summed E-state index contributed by atoms with van der Waals surface area (Å²) in [7, 11) is 2.80. The average molecular weight is 504 g/mol. The Balaban J connectivity index is 0.000000757. The maximum absolute atomic E-state index is 12.7. The first kappa shape index (κ1) is 24.1. The van der Waals surface area contributed by atoms with E-state index in [4.69, 9.17) is 4.98 Å². The lowest BCUT2D eigenvalue weighted by molar-refractivity contribution is 0.102. The standard InChI is InChI=1S/C16H18BrN7OS.2CH3F/c1-23-8-11(14(17)22-23)20-15(25)10-9-26-16-13(10)21-12(7-19-16)24-5-2-3-18-4-6-24;2*1-2/h7-9,18H,2-6H2,1H3,(H,20,25);2*1H3. The van der Waals surface area contributed by atoms with Gasteiger partial charge in [0.25, 0.3) is 5.91 Å². The second kappa shape index (κ2) is 11.9. The van der Waals surface area contributed by atoms with Crippen molar-refractivity contribution in [2.45, 2.75) is 6.42 Å². The number of aryl methyl sites for hydroxylation is 1. The first-order valence-corrected chi connectivity index (χ1v) is 10.7. The molecule has 3 aromatic rings. The minimum absolute atomic E-state index is 0.214. The summed E-state index contributed by atoms with van der Waals surface area (Å²) >= 11 is 4.77. The first-order valence-electron chi connectivity index (χ1n) is 9.08. The normalized spacial score (nSPS) is 13.6. The summed E-state index contributed by atoms with van der Waals surface area (Å²) in [5.41, 5.74) is 1.80. The summed E-state index contributed by atoms with van der Waals surface area (Å²) in [4.78, 5) is 25.0. The third kappa shape index (κ3) is 5.70. The van der Waals surface area contributed by atoms with E-state index in [-0.39, 0.29) is 5.91 Å². The number of aromatic nitrogens is 4. The molecule has 8 nitrogen and oxygen atoms in total. The first-order chi connectivity index (χ1) is 14.6. The summed E-state index contributed by atoms with van der Waals surface area (Å²) in [5.74, 6) is 0.602. The molecule has 1 fully saturated rings. The second-order valence-electron chi connectivity index (χ2n) is 6.08. The zero-order valence-corrected chi connectivity index (χ0v) is 19.4. The Labute approximate surface area is 185 Å². The van der Waals surface area contributed by atoms with Crippen molar-refractivity contribution in [3.8, 4) is 0 Å². The molecule has 1 amide bonds. The van der Waals surface area contributed by atoms with Crippen molar-refractivity contribution in [3.05, 3.63) is 27.9 Å². The van der Waals surface area contributed by atoms with Gasteiger partial charge in [-0.15, -0.1) is 11.3 Å². The van der Waals surface area contributed by atoms with Crippen LogP contribution in [-0.4, -0.2) is 66.2 Å². The van der Waals surface area contributed by atoms with E-state index in [1.807, 2.05) is 0 Å². The number of hydrogen-bond acceptors (Lipinski definition) is 7. The Hall–Kier alpha value is -2.18. The van der Waals surface area contributed by atoms with Gasteiger partial charge in [-0.2, -0.15) is 5.10 Å². The fourth-order valence-electron chi connectivity index (χ4n) is 2.92. The molecular weight excluding hydrogens is 480 g/mol. The molecule has 2 N–H and O–H groups in total. The number of nitrogens with one attached hydrogen (secondary N) is 2. The number of carbonyl (C=O) groups excluding carboxylic acids is 1. The molecule has 1 aliphatic heterocycles. The number of carbonyl (C=O) groups is 1. The quantitative estimate of drug-likeness (QED) is 0.569. The van der Waals surface area contributed by atoms with Crippen molar-refractivity contribution in [1.82, 2.24) is 25.1 Å². The Bertz CT molecular complexity index is 957. The smallest absolute Gasteiger partial charge is 0.258 e. The van der Waals surface area contributed by atoms with Crippen molar-refractivity contribution in [2.24, 2.45) is 7.05 Å². The van der Waals surface area contributed by atoms with Crippen LogP contribution in [0.25, 0.3) is 10.3 Å². The van der Waals surface area contributed by atoms with Crippen LogP contribution in [-0.2, 0) is 7.05 Å². The summed E-state index contributed by atoms with van der Waals surface area (Å²) in [5, 5.41) is 12.2. The van der Waals surface area contributed by atoms with Crippen LogP contribution in [0.1, 0.15) is 16.8 Å². The van der Waals surface area contributed by atoms with Gasteiger partial charge in [0.05, 0.1) is 31.8 Å². The van der Waals surface area contributed by atoms with Gasteiger partial charge in [0.15, 0.2) is 4.60 Å². The van der Waals surface area contributed by atoms with Crippen molar-refractivity contribution in [1.29, 1.82) is 0 Å². The van der Waals surface area contributed by atoms with Crippen molar-refractivity contribution >= 4 is 55.0 Å². The van der Waals surface area contributed by atoms with Gasteiger partial charge in [-0.05, 0) is 28.9 Å². The Morgan fingerprint density at radius 1 is 1.27 bits per heavy atom. The zero-order chi connectivity index (χ0) is 22.1. The fourth-order valence-corrected chi connectivity index (χ4v) is 4.20. The maximum atomic E-state index is 12.7. The Morgan fingerprint density at radius 3 is 2.73 bits per heavy atom. The predicted molar refractivity (Wildman–Crippen MR) is 120 cm³/mol. The lowest BCUT2D eigenvalue weighted by Crippen LogP contribution is -2.28. The maximum Gasteiger partial charge on any atom is 0.258 e. The van der Waals surface area contributed by atoms with Crippen molar-refractivity contribution in [2.75, 3.05) is 50.8 Å². The largest absolute Gasteiger partial charge is 0.354 e. The van der Waals surface area contributed by atoms with E-state index in [9.17, 15) is 13.6 Å². The lowest BCUT2D eigenvalue weighted by atomic mass is 10.2. The van der Waals surface area contributed by atoms with E-state index in [0.717, 1.165) is 43.2 Å². The van der Waals surface area contributed by atoms with Crippen LogP contribution in [0.15, 0.2) is 22.4 Å². The number of rotatable bonds is 3. The average Bonchev–Trinajstić information content (AvgIpc) is 3.20. The third-order valence-corrected chi connectivity index (χ3v) is 5.67. The van der Waals surface area contributed by atoms with E-state index in [2.05, 4.69) is 41.5 Å². The molecule has 0 aromatic carbocycles. The Morgan fingerprint density at radius 2 is 2.03 bits per heavy atom. The van der Waals surface area contributed by atoms with Crippen LogP contribution < -0.4 is 15.5 Å². The fraction of sp³-hybridized carbons (Fsp3) is 0.444. The molecule has 4 rings (SSSR count). The van der Waals surface area contributed by atoms with Crippen LogP contribution in [0.5, 0.6) is 0 Å². The number of anilines is 2. The van der Waals surface area contributed by atoms with Gasteiger partial charge >= 0.3 is 0 Å². The van der Waals surface area contributed by atoms with Crippen LogP contribution >= 0.6 is 27.3 Å². The van der Waals surface area contributed by atoms with E-state index in [0.29, 0.717) is 35.7 Å². The van der Waals surface area contributed by atoms with E-state index in [1.54, 1.807) is 29.5 Å². The van der Waals surface area contributed by atoms with Gasteiger partial charge < -0.3 is 15.5 Å². The van der Waals surface area contributed by atoms with E-state index < -0.39 is 0 Å². The summed E-state index contributed by atoms with van der Waals surface area (Å²) < 4.78 is 21.2. The molecule has 1 saturated heterocycles. The summed E-state index contributed by atoms with van der Waals surface area (Å²) in [6, 6.07) is 0. The van der Waals surface area contributed by atoms with Crippen LogP contribution in [0.3, 0.4) is 0 Å². The number of halogens is 3. The molecule has 0 bridgehead atoms.